The van der Waals surface area contributed by atoms with E-state index in [0.29, 0.717) is 6.20 Å². The number of nitrogens with two attached hydrogens (primary N) is 1. The van der Waals surface area contributed by atoms with Crippen molar-refractivity contribution in [3.05, 3.63) is 28.8 Å². The van der Waals surface area contributed by atoms with Gasteiger partial charge in [-0.2, -0.15) is 5.26 Å². The van der Waals surface area contributed by atoms with Crippen molar-refractivity contribution in [2.75, 3.05) is 0 Å². The van der Waals surface area contributed by atoms with Crippen molar-refractivity contribution in [3.8, 4) is 6.07 Å². The van der Waals surface area contributed by atoms with Crippen molar-refractivity contribution >= 4 is 0 Å². The molecule has 0 atom stereocenters. The van der Waals surface area contributed by atoms with Gasteiger partial charge in [-0.05, 0) is 0 Å². The topological polar surface area (TPSA) is 62.7 Å². The van der Waals surface area contributed by atoms with Gasteiger partial charge in [-0.15, -0.1) is 0 Å². The van der Waals surface area contributed by atoms with E-state index in [4.69, 9.17) is 11.0 Å². The Morgan fingerprint density at radius 1 is 1.57 bits per heavy atom. The minimum atomic E-state index is -2.96. The molecule has 0 radical (unpaired) electrons. The molecule has 14 heavy (non-hydrogen) atoms. The maximum atomic E-state index is 13.2. The molecule has 0 bridgehead atoms. The van der Waals surface area contributed by atoms with Gasteiger partial charge in [0.1, 0.15) is 17.6 Å². The lowest BCUT2D eigenvalue weighted by Gasteiger charge is -2.06. The molecule has 1 heterocycles. The lowest BCUT2D eigenvalue weighted by Crippen LogP contribution is -2.08. The predicted molar refractivity (Wildman–Crippen MR) is 41.8 cm³/mol. The normalized spacial score (nSPS) is 10.3. The van der Waals surface area contributed by atoms with E-state index in [0.717, 1.165) is 0 Å². The molecule has 2 N–H and O–H groups in total. The first-order valence-electron chi connectivity index (χ1n) is 3.67. The Hall–Kier alpha value is -1.61. The van der Waals surface area contributed by atoms with E-state index in [1.165, 1.54) is 0 Å². The van der Waals surface area contributed by atoms with Crippen molar-refractivity contribution in [3.63, 3.8) is 0 Å². The molecular formula is C8H6F3N3. The number of rotatable bonds is 2. The van der Waals surface area contributed by atoms with E-state index in [1.807, 2.05) is 0 Å². The van der Waals surface area contributed by atoms with E-state index in [2.05, 4.69) is 4.98 Å². The molecule has 3 nitrogen and oxygen atoms in total. The maximum absolute atomic E-state index is 13.2. The molecule has 0 aromatic carbocycles. The van der Waals surface area contributed by atoms with Gasteiger partial charge in [-0.3, -0.25) is 0 Å². The molecule has 1 aromatic heterocycles. The Morgan fingerprint density at radius 3 is 2.64 bits per heavy atom. The van der Waals surface area contributed by atoms with Crippen LogP contribution in [0.1, 0.15) is 23.2 Å². The minimum Gasteiger partial charge on any atom is -0.326 e. The van der Waals surface area contributed by atoms with Gasteiger partial charge in [0.25, 0.3) is 6.43 Å². The summed E-state index contributed by atoms with van der Waals surface area (Å²) in [4.78, 5) is 3.39. The molecule has 0 spiro atoms. The first-order chi connectivity index (χ1) is 6.61. The van der Waals surface area contributed by atoms with Crippen LogP contribution in [-0.4, -0.2) is 4.98 Å². The summed E-state index contributed by atoms with van der Waals surface area (Å²) in [5, 5.41) is 8.48. The highest BCUT2D eigenvalue weighted by molar-refractivity contribution is 5.35. The van der Waals surface area contributed by atoms with Crippen LogP contribution in [0.2, 0.25) is 0 Å². The minimum absolute atomic E-state index is 0.255. The fraction of sp³-hybridized carbons (Fsp3) is 0.250. The zero-order chi connectivity index (χ0) is 10.7. The summed E-state index contributed by atoms with van der Waals surface area (Å²) >= 11 is 0. The monoisotopic (exact) mass is 201 g/mol. The Balaban J connectivity index is 3.37. The molecular weight excluding hydrogens is 195 g/mol. The van der Waals surface area contributed by atoms with Crippen molar-refractivity contribution < 1.29 is 13.2 Å². The summed E-state index contributed by atoms with van der Waals surface area (Å²) in [6.45, 7) is -0.331. The molecule has 0 aliphatic rings. The second-order valence-electron chi connectivity index (χ2n) is 2.47. The van der Waals surface area contributed by atoms with Crippen LogP contribution in [0.5, 0.6) is 0 Å². The van der Waals surface area contributed by atoms with Crippen LogP contribution in [0.25, 0.3) is 0 Å². The number of nitrogens with zero attached hydrogens (tertiary/aromatic N) is 2. The summed E-state index contributed by atoms with van der Waals surface area (Å²) in [6.07, 6.45) is -2.31. The Morgan fingerprint density at radius 2 is 2.21 bits per heavy atom. The first kappa shape index (κ1) is 10.5. The largest absolute Gasteiger partial charge is 0.326 e. The average Bonchev–Trinajstić information content (AvgIpc) is 2.16. The van der Waals surface area contributed by atoms with Gasteiger partial charge >= 0.3 is 0 Å². The van der Waals surface area contributed by atoms with Gasteiger partial charge in [-0.1, -0.05) is 0 Å². The molecule has 0 saturated heterocycles. The molecule has 0 amide bonds. The van der Waals surface area contributed by atoms with Crippen molar-refractivity contribution in [1.82, 2.24) is 4.98 Å². The van der Waals surface area contributed by atoms with Crippen LogP contribution in [0.15, 0.2) is 6.20 Å². The highest BCUT2D eigenvalue weighted by atomic mass is 19.3. The van der Waals surface area contributed by atoms with E-state index in [9.17, 15) is 13.2 Å². The zero-order valence-electron chi connectivity index (χ0n) is 6.97. The molecule has 1 aromatic rings. The van der Waals surface area contributed by atoms with Gasteiger partial charge in [0.05, 0.1) is 5.56 Å². The maximum Gasteiger partial charge on any atom is 0.268 e. The Bertz CT molecular complexity index is 384. The molecule has 0 aliphatic heterocycles. The zero-order valence-corrected chi connectivity index (χ0v) is 6.97. The molecule has 0 fully saturated rings. The fourth-order valence-electron chi connectivity index (χ4n) is 0.982. The van der Waals surface area contributed by atoms with Gasteiger partial charge in [-0.25, -0.2) is 18.2 Å². The SMILES string of the molecule is N#Cc1ncc(C(F)F)c(F)c1CN. The Labute approximate surface area is 78.0 Å². The third-order valence-electron chi connectivity index (χ3n) is 1.68. The quantitative estimate of drug-likeness (QED) is 0.788. The summed E-state index contributed by atoms with van der Waals surface area (Å²) in [5.41, 5.74) is 3.76. The molecule has 1 rings (SSSR count). The van der Waals surface area contributed by atoms with Gasteiger partial charge in [0.15, 0.2) is 0 Å². The molecule has 0 unspecified atom stereocenters. The molecule has 74 valence electrons. The van der Waals surface area contributed by atoms with Crippen molar-refractivity contribution in [2.45, 2.75) is 13.0 Å². The van der Waals surface area contributed by atoms with E-state index in [-0.39, 0.29) is 17.8 Å². The highest BCUT2D eigenvalue weighted by Crippen LogP contribution is 2.24. The average molecular weight is 201 g/mol. The second-order valence-corrected chi connectivity index (χ2v) is 2.47. The summed E-state index contributed by atoms with van der Waals surface area (Å²) in [6, 6.07) is 1.58. The fourth-order valence-corrected chi connectivity index (χ4v) is 0.982. The third-order valence-corrected chi connectivity index (χ3v) is 1.68. The molecule has 0 aliphatic carbocycles. The lowest BCUT2D eigenvalue weighted by atomic mass is 10.1. The van der Waals surface area contributed by atoms with Crippen molar-refractivity contribution in [2.24, 2.45) is 5.73 Å². The first-order valence-corrected chi connectivity index (χ1v) is 3.67. The number of alkyl halides is 2. The van der Waals surface area contributed by atoms with Gasteiger partial charge in [0.2, 0.25) is 0 Å². The molecule has 6 heteroatoms. The number of aromatic nitrogens is 1. The predicted octanol–water partition coefficient (Wildman–Crippen LogP) is 1.49. The van der Waals surface area contributed by atoms with Crippen LogP contribution in [-0.2, 0) is 6.54 Å². The smallest absolute Gasteiger partial charge is 0.268 e. The lowest BCUT2D eigenvalue weighted by molar-refractivity contribution is 0.145. The number of pyridine rings is 1. The second kappa shape index (κ2) is 4.07. The van der Waals surface area contributed by atoms with Gasteiger partial charge < -0.3 is 5.73 Å². The standard InChI is InChI=1S/C8H6F3N3/c9-7-4(1-12)6(2-13)14-3-5(7)8(10)11/h3,8H,1,12H2. The summed E-state index contributed by atoms with van der Waals surface area (Å²) in [5.74, 6) is -1.14. The van der Waals surface area contributed by atoms with E-state index < -0.39 is 17.8 Å². The van der Waals surface area contributed by atoms with Crippen LogP contribution in [0, 0.1) is 17.1 Å². The molecule has 0 saturated carbocycles. The van der Waals surface area contributed by atoms with E-state index >= 15 is 0 Å². The number of hydrogen-bond acceptors (Lipinski definition) is 3. The number of nitriles is 1. The number of halogens is 3. The Kier molecular flexibility index (Phi) is 3.04. The van der Waals surface area contributed by atoms with Crippen LogP contribution in [0.4, 0.5) is 13.2 Å². The number of hydrogen-bond donors (Lipinski definition) is 1. The summed E-state index contributed by atoms with van der Waals surface area (Å²) in [7, 11) is 0. The highest BCUT2D eigenvalue weighted by Gasteiger charge is 2.19. The summed E-state index contributed by atoms with van der Waals surface area (Å²) < 4.78 is 37.6. The van der Waals surface area contributed by atoms with Crippen molar-refractivity contribution in [1.29, 1.82) is 5.26 Å². The van der Waals surface area contributed by atoms with Crippen LogP contribution >= 0.6 is 0 Å². The third kappa shape index (κ3) is 1.67. The van der Waals surface area contributed by atoms with Gasteiger partial charge in [0, 0.05) is 18.3 Å². The van der Waals surface area contributed by atoms with Crippen LogP contribution in [0.3, 0.4) is 0 Å². The van der Waals surface area contributed by atoms with Crippen LogP contribution < -0.4 is 5.73 Å². The van der Waals surface area contributed by atoms with E-state index in [1.54, 1.807) is 6.07 Å².